The zero-order chi connectivity index (χ0) is 18.0. The number of anilines is 2. The van der Waals surface area contributed by atoms with Gasteiger partial charge in [0.15, 0.2) is 0 Å². The molecule has 3 aromatic rings. The number of aromatic nitrogens is 1. The van der Waals surface area contributed by atoms with Crippen LogP contribution in [0.15, 0.2) is 36.4 Å². The van der Waals surface area contributed by atoms with Crippen molar-refractivity contribution in [1.29, 1.82) is 0 Å². The van der Waals surface area contributed by atoms with E-state index in [1.54, 1.807) is 12.1 Å². The van der Waals surface area contributed by atoms with Gasteiger partial charge in [-0.3, -0.25) is 9.59 Å². The molecule has 1 heterocycles. The maximum atomic E-state index is 11.7. The minimum absolute atomic E-state index is 0.149. The lowest BCUT2D eigenvalue weighted by atomic mass is 10.1. The summed E-state index contributed by atoms with van der Waals surface area (Å²) in [6.45, 7) is 5.40. The summed E-state index contributed by atoms with van der Waals surface area (Å²) in [4.78, 5) is 27.6. The Hall–Kier alpha value is -3.15. The Morgan fingerprint density at radius 2 is 1.72 bits per heavy atom. The minimum atomic E-state index is -0.165. The molecule has 0 unspecified atom stereocenters. The average Bonchev–Trinajstić information content (AvgIpc) is 2.54. The highest BCUT2D eigenvalue weighted by molar-refractivity contribution is 6.13. The molecule has 1 aromatic heterocycles. The highest BCUT2D eigenvalue weighted by Crippen LogP contribution is 2.34. The van der Waals surface area contributed by atoms with E-state index < -0.39 is 0 Å². The summed E-state index contributed by atoms with van der Waals surface area (Å²) in [5.74, 6) is 0.405. The Morgan fingerprint density at radius 3 is 2.40 bits per heavy atom. The summed E-state index contributed by atoms with van der Waals surface area (Å²) in [7, 11) is 0. The van der Waals surface area contributed by atoms with E-state index in [1.807, 2.05) is 31.2 Å². The number of carbonyl (C=O) groups excluding carboxylic acids is 2. The summed E-state index contributed by atoms with van der Waals surface area (Å²) >= 11 is 0. The van der Waals surface area contributed by atoms with E-state index in [2.05, 4.69) is 15.6 Å². The van der Waals surface area contributed by atoms with Crippen molar-refractivity contribution in [3.8, 4) is 5.75 Å². The van der Waals surface area contributed by atoms with Crippen molar-refractivity contribution in [3.05, 3.63) is 36.4 Å². The molecule has 2 amide bonds. The van der Waals surface area contributed by atoms with Crippen LogP contribution in [0.4, 0.5) is 11.4 Å². The fraction of sp³-hybridized carbons (Fsp3) is 0.211. The second kappa shape index (κ2) is 6.76. The lowest BCUT2D eigenvalue weighted by Gasteiger charge is -2.13. The van der Waals surface area contributed by atoms with Crippen LogP contribution in [0.2, 0.25) is 0 Å². The molecule has 128 valence electrons. The van der Waals surface area contributed by atoms with Gasteiger partial charge in [0.1, 0.15) is 5.75 Å². The molecule has 0 bridgehead atoms. The molecule has 0 spiro atoms. The molecule has 0 aliphatic heterocycles. The van der Waals surface area contributed by atoms with Crippen molar-refractivity contribution < 1.29 is 14.3 Å². The van der Waals surface area contributed by atoms with Gasteiger partial charge in [0.2, 0.25) is 11.8 Å². The fourth-order valence-electron chi connectivity index (χ4n) is 2.77. The number of carbonyl (C=O) groups is 2. The summed E-state index contributed by atoms with van der Waals surface area (Å²) in [5.41, 5.74) is 2.77. The van der Waals surface area contributed by atoms with Crippen LogP contribution in [-0.4, -0.2) is 23.4 Å². The standard InChI is InChI=1S/C19H19N3O3/c1-4-25-14-6-8-17-16(10-14)19(21-12(3)24)15-7-5-13(20-11(2)23)9-18(15)22-17/h5-10H,4H2,1-3H3,(H,20,23)(H,21,22,24). The number of hydrogen-bond acceptors (Lipinski definition) is 4. The predicted octanol–water partition coefficient (Wildman–Crippen LogP) is 3.70. The molecule has 0 radical (unpaired) electrons. The van der Waals surface area contributed by atoms with Gasteiger partial charge in [0.05, 0.1) is 23.3 Å². The number of nitrogens with one attached hydrogen (secondary N) is 2. The first-order valence-electron chi connectivity index (χ1n) is 8.03. The zero-order valence-corrected chi connectivity index (χ0v) is 14.3. The van der Waals surface area contributed by atoms with Gasteiger partial charge in [0, 0.05) is 30.3 Å². The van der Waals surface area contributed by atoms with E-state index in [0.29, 0.717) is 23.5 Å². The second-order valence-corrected chi connectivity index (χ2v) is 5.69. The average molecular weight is 337 g/mol. The maximum absolute atomic E-state index is 11.7. The van der Waals surface area contributed by atoms with E-state index >= 15 is 0 Å². The van der Waals surface area contributed by atoms with Crippen LogP contribution in [0.25, 0.3) is 21.8 Å². The molecular formula is C19H19N3O3. The van der Waals surface area contributed by atoms with Crippen LogP contribution in [-0.2, 0) is 9.59 Å². The van der Waals surface area contributed by atoms with Crippen LogP contribution in [0.3, 0.4) is 0 Å². The highest BCUT2D eigenvalue weighted by Gasteiger charge is 2.12. The molecular weight excluding hydrogens is 318 g/mol. The number of benzene rings is 2. The van der Waals surface area contributed by atoms with Gasteiger partial charge in [-0.15, -0.1) is 0 Å². The van der Waals surface area contributed by atoms with Crippen molar-refractivity contribution in [2.75, 3.05) is 17.2 Å². The number of nitrogens with zero attached hydrogens (tertiary/aromatic N) is 1. The van der Waals surface area contributed by atoms with Gasteiger partial charge in [-0.25, -0.2) is 4.98 Å². The number of hydrogen-bond donors (Lipinski definition) is 2. The number of amides is 2. The fourth-order valence-corrected chi connectivity index (χ4v) is 2.77. The van der Waals surface area contributed by atoms with Crippen molar-refractivity contribution in [1.82, 2.24) is 4.98 Å². The molecule has 2 aromatic carbocycles. The Labute approximate surface area is 145 Å². The van der Waals surface area contributed by atoms with Gasteiger partial charge in [-0.1, -0.05) is 0 Å². The number of ether oxygens (including phenoxy) is 1. The topological polar surface area (TPSA) is 80.3 Å². The Bertz CT molecular complexity index is 982. The van der Waals surface area contributed by atoms with Crippen molar-refractivity contribution in [2.45, 2.75) is 20.8 Å². The molecule has 0 aliphatic rings. The molecule has 0 fully saturated rings. The lowest BCUT2D eigenvalue weighted by molar-refractivity contribution is -0.115. The maximum Gasteiger partial charge on any atom is 0.221 e. The van der Waals surface area contributed by atoms with Gasteiger partial charge < -0.3 is 15.4 Å². The summed E-state index contributed by atoms with van der Waals surface area (Å²) in [6, 6.07) is 11.0. The van der Waals surface area contributed by atoms with E-state index in [-0.39, 0.29) is 11.8 Å². The normalized spacial score (nSPS) is 10.7. The number of pyridine rings is 1. The first-order valence-corrected chi connectivity index (χ1v) is 8.03. The van der Waals surface area contributed by atoms with E-state index in [4.69, 9.17) is 4.74 Å². The Balaban J connectivity index is 2.26. The predicted molar refractivity (Wildman–Crippen MR) is 99.0 cm³/mol. The molecule has 2 N–H and O–H groups in total. The van der Waals surface area contributed by atoms with Crippen LogP contribution in [0.5, 0.6) is 5.75 Å². The largest absolute Gasteiger partial charge is 0.494 e. The smallest absolute Gasteiger partial charge is 0.221 e. The quantitative estimate of drug-likeness (QED) is 0.711. The Kier molecular flexibility index (Phi) is 4.52. The molecule has 6 nitrogen and oxygen atoms in total. The van der Waals surface area contributed by atoms with Crippen molar-refractivity contribution in [2.24, 2.45) is 0 Å². The van der Waals surface area contributed by atoms with Gasteiger partial charge in [0.25, 0.3) is 0 Å². The van der Waals surface area contributed by atoms with Gasteiger partial charge >= 0.3 is 0 Å². The number of rotatable bonds is 4. The molecule has 0 saturated heterocycles. The SMILES string of the molecule is CCOc1ccc2nc3cc(NC(C)=O)ccc3c(NC(C)=O)c2c1. The third-order valence-corrected chi connectivity index (χ3v) is 3.68. The molecule has 25 heavy (non-hydrogen) atoms. The first-order chi connectivity index (χ1) is 12.0. The van der Waals surface area contributed by atoms with E-state index in [1.165, 1.54) is 13.8 Å². The molecule has 3 rings (SSSR count). The Morgan fingerprint density at radius 1 is 0.960 bits per heavy atom. The monoisotopic (exact) mass is 337 g/mol. The van der Waals surface area contributed by atoms with Crippen LogP contribution < -0.4 is 15.4 Å². The third kappa shape index (κ3) is 3.52. The molecule has 0 aliphatic carbocycles. The molecule has 0 atom stereocenters. The number of fused-ring (bicyclic) bond motifs is 2. The lowest BCUT2D eigenvalue weighted by Crippen LogP contribution is -2.08. The van der Waals surface area contributed by atoms with E-state index in [9.17, 15) is 9.59 Å². The summed E-state index contributed by atoms with van der Waals surface area (Å²) < 4.78 is 5.56. The van der Waals surface area contributed by atoms with Crippen LogP contribution in [0.1, 0.15) is 20.8 Å². The minimum Gasteiger partial charge on any atom is -0.494 e. The van der Waals surface area contributed by atoms with Gasteiger partial charge in [-0.05, 0) is 43.3 Å². The van der Waals surface area contributed by atoms with Crippen LogP contribution >= 0.6 is 0 Å². The highest BCUT2D eigenvalue weighted by atomic mass is 16.5. The molecule has 0 saturated carbocycles. The third-order valence-electron chi connectivity index (χ3n) is 3.68. The van der Waals surface area contributed by atoms with Gasteiger partial charge in [-0.2, -0.15) is 0 Å². The second-order valence-electron chi connectivity index (χ2n) is 5.69. The zero-order valence-electron chi connectivity index (χ0n) is 14.3. The molecule has 6 heteroatoms. The first kappa shape index (κ1) is 16.7. The van der Waals surface area contributed by atoms with Crippen molar-refractivity contribution >= 4 is 45.0 Å². The van der Waals surface area contributed by atoms with Crippen molar-refractivity contribution in [3.63, 3.8) is 0 Å². The van der Waals surface area contributed by atoms with Crippen LogP contribution in [0, 0.1) is 0 Å². The summed E-state index contributed by atoms with van der Waals surface area (Å²) in [6.07, 6.45) is 0. The summed E-state index contributed by atoms with van der Waals surface area (Å²) in [5, 5.41) is 7.25. The van der Waals surface area contributed by atoms with E-state index in [0.717, 1.165) is 22.0 Å².